The molecule has 1 N–H and O–H groups in total. The molecule has 100 valence electrons. The Hall–Kier alpha value is -2.65. The zero-order chi connectivity index (χ0) is 14.4. The lowest BCUT2D eigenvalue weighted by atomic mass is 10.2. The average molecular weight is 286 g/mol. The Balaban J connectivity index is 1.87. The summed E-state index contributed by atoms with van der Waals surface area (Å²) in [6, 6.07) is 12.0. The van der Waals surface area contributed by atoms with Crippen molar-refractivity contribution in [1.82, 2.24) is 0 Å². The number of esters is 1. The van der Waals surface area contributed by atoms with Crippen LogP contribution in [0.25, 0.3) is 0 Å². The van der Waals surface area contributed by atoms with E-state index in [1.165, 1.54) is 11.3 Å². The standard InChI is InChI=1S/C14H10N2O3S/c15-8-11-6-7-20-13(11)16-12(17)9-19-14(18)10-4-2-1-3-5-10/h1-7H,9H2,(H,16,17). The van der Waals surface area contributed by atoms with E-state index in [1.807, 2.05) is 6.07 Å². The molecular formula is C14H10N2O3S. The lowest BCUT2D eigenvalue weighted by Crippen LogP contribution is -2.20. The summed E-state index contributed by atoms with van der Waals surface area (Å²) in [5.41, 5.74) is 0.770. The number of amides is 1. The normalized spacial score (nSPS) is 9.55. The second kappa shape index (κ2) is 6.50. The maximum Gasteiger partial charge on any atom is 0.338 e. The molecule has 1 aromatic heterocycles. The first kappa shape index (κ1) is 13.8. The van der Waals surface area contributed by atoms with Crippen LogP contribution in [0, 0.1) is 11.3 Å². The summed E-state index contributed by atoms with van der Waals surface area (Å²) in [4.78, 5) is 23.2. The fraction of sp³-hybridized carbons (Fsp3) is 0.0714. The molecule has 0 spiro atoms. The first-order valence-electron chi connectivity index (χ1n) is 5.70. The Bertz CT molecular complexity index is 659. The predicted molar refractivity (Wildman–Crippen MR) is 74.4 cm³/mol. The van der Waals surface area contributed by atoms with Gasteiger partial charge in [-0.05, 0) is 23.6 Å². The number of hydrogen-bond acceptors (Lipinski definition) is 5. The lowest BCUT2D eigenvalue weighted by Gasteiger charge is -2.05. The molecule has 2 aromatic rings. The zero-order valence-electron chi connectivity index (χ0n) is 10.3. The van der Waals surface area contributed by atoms with E-state index in [9.17, 15) is 9.59 Å². The third-order valence-electron chi connectivity index (χ3n) is 2.38. The van der Waals surface area contributed by atoms with E-state index in [2.05, 4.69) is 5.32 Å². The number of nitrogens with zero attached hydrogens (tertiary/aromatic N) is 1. The first-order chi connectivity index (χ1) is 9.70. The van der Waals surface area contributed by atoms with Gasteiger partial charge < -0.3 is 10.1 Å². The third kappa shape index (κ3) is 3.43. The summed E-state index contributed by atoms with van der Waals surface area (Å²) < 4.78 is 4.88. The van der Waals surface area contributed by atoms with Gasteiger partial charge in [-0.2, -0.15) is 5.26 Å². The van der Waals surface area contributed by atoms with E-state index >= 15 is 0 Å². The molecule has 1 aromatic carbocycles. The van der Waals surface area contributed by atoms with E-state index in [0.717, 1.165) is 0 Å². The monoisotopic (exact) mass is 286 g/mol. The van der Waals surface area contributed by atoms with Crippen molar-refractivity contribution in [3.05, 3.63) is 52.9 Å². The molecule has 1 heterocycles. The van der Waals surface area contributed by atoms with Gasteiger partial charge in [0.15, 0.2) is 6.61 Å². The zero-order valence-corrected chi connectivity index (χ0v) is 11.1. The number of nitrogens with one attached hydrogen (secondary N) is 1. The topological polar surface area (TPSA) is 79.2 Å². The number of thiophene rings is 1. The Labute approximate surface area is 119 Å². The van der Waals surface area contributed by atoms with Crippen molar-refractivity contribution in [2.24, 2.45) is 0 Å². The van der Waals surface area contributed by atoms with Gasteiger partial charge in [-0.25, -0.2) is 4.79 Å². The van der Waals surface area contributed by atoms with Gasteiger partial charge in [0.25, 0.3) is 5.91 Å². The minimum absolute atomic E-state index is 0.383. The van der Waals surface area contributed by atoms with E-state index in [1.54, 1.807) is 41.8 Å². The van der Waals surface area contributed by atoms with Crippen LogP contribution in [0.5, 0.6) is 0 Å². The number of benzene rings is 1. The van der Waals surface area contributed by atoms with Crippen molar-refractivity contribution in [1.29, 1.82) is 5.26 Å². The minimum atomic E-state index is -0.563. The smallest absolute Gasteiger partial charge is 0.338 e. The fourth-order valence-electron chi connectivity index (χ4n) is 1.45. The van der Waals surface area contributed by atoms with Crippen LogP contribution in [0.15, 0.2) is 41.8 Å². The molecule has 0 atom stereocenters. The van der Waals surface area contributed by atoms with Gasteiger partial charge in [0.2, 0.25) is 0 Å². The molecule has 6 heteroatoms. The van der Waals surface area contributed by atoms with Crippen molar-refractivity contribution >= 4 is 28.2 Å². The van der Waals surface area contributed by atoms with Gasteiger partial charge >= 0.3 is 5.97 Å². The van der Waals surface area contributed by atoms with E-state index in [-0.39, 0.29) is 0 Å². The summed E-state index contributed by atoms with van der Waals surface area (Å²) >= 11 is 1.24. The average Bonchev–Trinajstić information content (AvgIpc) is 2.92. The number of nitriles is 1. The lowest BCUT2D eigenvalue weighted by molar-refractivity contribution is -0.119. The fourth-order valence-corrected chi connectivity index (χ4v) is 2.20. The SMILES string of the molecule is N#Cc1ccsc1NC(=O)COC(=O)c1ccccc1. The second-order valence-electron chi connectivity index (χ2n) is 3.77. The van der Waals surface area contributed by atoms with Crippen LogP contribution in [-0.2, 0) is 9.53 Å². The maximum absolute atomic E-state index is 11.6. The second-order valence-corrected chi connectivity index (χ2v) is 4.68. The van der Waals surface area contributed by atoms with Gasteiger partial charge in [-0.15, -0.1) is 11.3 Å². The molecule has 0 aliphatic heterocycles. The molecule has 0 aliphatic rings. The Kier molecular flexibility index (Phi) is 4.47. The van der Waals surface area contributed by atoms with Crippen molar-refractivity contribution < 1.29 is 14.3 Å². The molecule has 0 radical (unpaired) electrons. The summed E-state index contributed by atoms with van der Waals surface area (Å²) in [5.74, 6) is -1.04. The molecular weight excluding hydrogens is 276 g/mol. The predicted octanol–water partition coefficient (Wildman–Crippen LogP) is 2.42. The highest BCUT2D eigenvalue weighted by Gasteiger charge is 2.12. The highest BCUT2D eigenvalue weighted by Crippen LogP contribution is 2.21. The molecule has 0 bridgehead atoms. The number of carbonyl (C=O) groups is 2. The van der Waals surface area contributed by atoms with Gasteiger partial charge in [-0.1, -0.05) is 18.2 Å². The first-order valence-corrected chi connectivity index (χ1v) is 6.58. The molecule has 1 amide bonds. The van der Waals surface area contributed by atoms with Crippen LogP contribution in [0.4, 0.5) is 5.00 Å². The number of rotatable bonds is 4. The number of hydrogen-bond donors (Lipinski definition) is 1. The van der Waals surface area contributed by atoms with E-state index in [4.69, 9.17) is 10.00 Å². The van der Waals surface area contributed by atoms with Crippen LogP contribution in [0.2, 0.25) is 0 Å². The van der Waals surface area contributed by atoms with Crippen LogP contribution in [0.1, 0.15) is 15.9 Å². The van der Waals surface area contributed by atoms with Crippen molar-refractivity contribution in [2.75, 3.05) is 11.9 Å². The maximum atomic E-state index is 11.6. The van der Waals surface area contributed by atoms with Gasteiger partial charge in [0, 0.05) is 0 Å². The summed E-state index contributed by atoms with van der Waals surface area (Å²) in [5, 5.41) is 13.5. The quantitative estimate of drug-likeness (QED) is 0.875. The van der Waals surface area contributed by atoms with Crippen molar-refractivity contribution in [2.45, 2.75) is 0 Å². The van der Waals surface area contributed by atoms with Gasteiger partial charge in [-0.3, -0.25) is 4.79 Å². The number of carbonyl (C=O) groups excluding carboxylic acids is 2. The van der Waals surface area contributed by atoms with Crippen LogP contribution in [0.3, 0.4) is 0 Å². The molecule has 0 unspecified atom stereocenters. The number of ether oxygens (including phenoxy) is 1. The molecule has 0 aliphatic carbocycles. The molecule has 20 heavy (non-hydrogen) atoms. The Morgan fingerprint density at radius 1 is 1.25 bits per heavy atom. The summed E-state index contributed by atoms with van der Waals surface area (Å²) in [6.07, 6.45) is 0. The molecule has 2 rings (SSSR count). The largest absolute Gasteiger partial charge is 0.452 e. The minimum Gasteiger partial charge on any atom is -0.452 e. The third-order valence-corrected chi connectivity index (χ3v) is 3.21. The Morgan fingerprint density at radius 2 is 2.00 bits per heavy atom. The highest BCUT2D eigenvalue weighted by molar-refractivity contribution is 7.14. The molecule has 0 saturated carbocycles. The van der Waals surface area contributed by atoms with Crippen molar-refractivity contribution in [3.8, 4) is 6.07 Å². The Morgan fingerprint density at radius 3 is 2.70 bits per heavy atom. The number of anilines is 1. The summed E-state index contributed by atoms with van der Waals surface area (Å²) in [7, 11) is 0. The highest BCUT2D eigenvalue weighted by atomic mass is 32.1. The van der Waals surface area contributed by atoms with E-state index < -0.39 is 18.5 Å². The van der Waals surface area contributed by atoms with Crippen LogP contribution >= 0.6 is 11.3 Å². The molecule has 5 nitrogen and oxygen atoms in total. The van der Waals surface area contributed by atoms with Crippen LogP contribution < -0.4 is 5.32 Å². The molecule has 0 fully saturated rings. The van der Waals surface area contributed by atoms with Crippen LogP contribution in [-0.4, -0.2) is 18.5 Å². The van der Waals surface area contributed by atoms with Gasteiger partial charge in [0.1, 0.15) is 11.1 Å². The molecule has 0 saturated heterocycles. The van der Waals surface area contributed by atoms with Gasteiger partial charge in [0.05, 0.1) is 11.1 Å². The van der Waals surface area contributed by atoms with Crippen molar-refractivity contribution in [3.63, 3.8) is 0 Å². The summed E-state index contributed by atoms with van der Waals surface area (Å²) in [6.45, 7) is -0.392. The van der Waals surface area contributed by atoms with E-state index in [0.29, 0.717) is 16.1 Å².